The predicted molar refractivity (Wildman–Crippen MR) is 147 cm³/mol. The van der Waals surface area contributed by atoms with Crippen molar-refractivity contribution in [3.8, 4) is 28.1 Å². The second-order valence-corrected chi connectivity index (χ2v) is 9.12. The van der Waals surface area contributed by atoms with E-state index in [1.807, 2.05) is 93.6 Å². The van der Waals surface area contributed by atoms with Crippen LogP contribution in [0.4, 0.5) is 5.69 Å². The van der Waals surface area contributed by atoms with Gasteiger partial charge in [0.2, 0.25) is 0 Å². The first-order valence-corrected chi connectivity index (χ1v) is 12.3. The van der Waals surface area contributed by atoms with Crippen LogP contribution >= 0.6 is 0 Å². The molecule has 1 amide bonds. The summed E-state index contributed by atoms with van der Waals surface area (Å²) in [6.45, 7) is 8.73. The van der Waals surface area contributed by atoms with Crippen molar-refractivity contribution in [1.29, 1.82) is 0 Å². The average Bonchev–Trinajstić information content (AvgIpc) is 2.87. The van der Waals surface area contributed by atoms with Crippen LogP contribution in [0.1, 0.15) is 46.8 Å². The minimum absolute atomic E-state index is 0.0974. The molecule has 0 unspecified atom stereocenters. The fraction of sp³-hybridized carbons (Fsp3) is 0.226. The van der Waals surface area contributed by atoms with Gasteiger partial charge in [-0.25, -0.2) is 0 Å². The van der Waals surface area contributed by atoms with Crippen LogP contribution in [0.3, 0.4) is 0 Å². The third-order valence-electron chi connectivity index (χ3n) is 6.25. The lowest BCUT2D eigenvalue weighted by molar-refractivity contribution is 0.102. The number of hydrogen-bond acceptors (Lipinski definition) is 3. The Hall–Kier alpha value is -4.12. The lowest BCUT2D eigenvalue weighted by atomic mass is 9.92. The molecule has 4 rings (SSSR count). The van der Waals surface area contributed by atoms with Crippen molar-refractivity contribution in [3.05, 3.63) is 105 Å². The maximum Gasteiger partial charge on any atom is 0.261 e. The molecular weight excluding hydrogens is 448 g/mol. The number of anilines is 1. The summed E-state index contributed by atoms with van der Waals surface area (Å²) in [6.07, 6.45) is 2.07. The van der Waals surface area contributed by atoms with Crippen LogP contribution in [0.5, 0.6) is 5.75 Å². The van der Waals surface area contributed by atoms with Gasteiger partial charge in [0.05, 0.1) is 12.3 Å². The van der Waals surface area contributed by atoms with Gasteiger partial charge in [-0.15, -0.1) is 0 Å². The molecule has 4 aromatic rings. The van der Waals surface area contributed by atoms with Crippen molar-refractivity contribution in [2.24, 2.45) is 0 Å². The highest BCUT2D eigenvalue weighted by Crippen LogP contribution is 2.33. The van der Waals surface area contributed by atoms with Gasteiger partial charge in [0.15, 0.2) is 0 Å². The number of nitrogens with one attached hydrogen (secondary N) is 2. The summed E-state index contributed by atoms with van der Waals surface area (Å²) in [5.74, 6) is 0.352. The van der Waals surface area contributed by atoms with Crippen LogP contribution in [0, 0.1) is 20.8 Å². The van der Waals surface area contributed by atoms with Crippen molar-refractivity contribution in [3.63, 3.8) is 0 Å². The number of aromatic amines is 1. The second kappa shape index (κ2) is 11.1. The molecule has 3 aromatic carbocycles. The lowest BCUT2D eigenvalue weighted by Crippen LogP contribution is -2.26. The standard InChI is InChI=1S/C31H32N2O3/c1-5-6-19-36-26-17-13-24(14-18-26)29-22(4)27(23-11-7-20(2)8-12-23)28(31(35)33-29)30(34)32-25-15-9-21(3)10-16-25/h7-18H,5-6,19H2,1-4H3,(H,32,34)(H,33,35). The Kier molecular flexibility index (Phi) is 7.69. The molecule has 36 heavy (non-hydrogen) atoms. The minimum Gasteiger partial charge on any atom is -0.494 e. The number of rotatable bonds is 8. The zero-order chi connectivity index (χ0) is 25.7. The van der Waals surface area contributed by atoms with Gasteiger partial charge in [0.1, 0.15) is 11.3 Å². The molecule has 2 N–H and O–H groups in total. The van der Waals surface area contributed by atoms with Crippen LogP contribution < -0.4 is 15.6 Å². The Morgan fingerprint density at radius 1 is 0.833 bits per heavy atom. The van der Waals surface area contributed by atoms with Gasteiger partial charge in [-0.05, 0) is 80.3 Å². The zero-order valence-corrected chi connectivity index (χ0v) is 21.3. The summed E-state index contributed by atoms with van der Waals surface area (Å²) >= 11 is 0. The highest BCUT2D eigenvalue weighted by Gasteiger charge is 2.23. The van der Waals surface area contributed by atoms with Gasteiger partial charge >= 0.3 is 0 Å². The monoisotopic (exact) mass is 480 g/mol. The quantitative estimate of drug-likeness (QED) is 0.265. The molecule has 0 saturated carbocycles. The van der Waals surface area contributed by atoms with Crippen LogP contribution in [0.25, 0.3) is 22.4 Å². The molecule has 1 heterocycles. The number of amides is 1. The predicted octanol–water partition coefficient (Wildman–Crippen LogP) is 7.07. The van der Waals surface area contributed by atoms with Gasteiger partial charge in [-0.2, -0.15) is 0 Å². The molecule has 0 aliphatic heterocycles. The molecule has 0 spiro atoms. The molecule has 0 fully saturated rings. The van der Waals surface area contributed by atoms with E-state index in [1.165, 1.54) is 0 Å². The van der Waals surface area contributed by atoms with Crippen LogP contribution in [-0.2, 0) is 0 Å². The molecule has 1 aromatic heterocycles. The fourth-order valence-electron chi connectivity index (χ4n) is 4.16. The Morgan fingerprint density at radius 3 is 2.03 bits per heavy atom. The number of ether oxygens (including phenoxy) is 1. The summed E-state index contributed by atoms with van der Waals surface area (Å²) in [5, 5.41) is 2.89. The Labute approximate surface area is 212 Å². The molecule has 0 saturated heterocycles. The van der Waals surface area contributed by atoms with Gasteiger partial charge in [0.25, 0.3) is 11.5 Å². The summed E-state index contributed by atoms with van der Waals surface area (Å²) < 4.78 is 5.79. The summed E-state index contributed by atoms with van der Waals surface area (Å²) in [5.41, 5.74) is 6.31. The first kappa shape index (κ1) is 25.0. The van der Waals surface area contributed by atoms with Crippen molar-refractivity contribution >= 4 is 11.6 Å². The molecule has 0 aliphatic carbocycles. The van der Waals surface area contributed by atoms with E-state index in [0.29, 0.717) is 23.6 Å². The molecule has 0 aliphatic rings. The first-order valence-electron chi connectivity index (χ1n) is 12.3. The smallest absolute Gasteiger partial charge is 0.261 e. The topological polar surface area (TPSA) is 71.2 Å². The number of H-pyrrole nitrogens is 1. The van der Waals surface area contributed by atoms with E-state index < -0.39 is 11.5 Å². The first-order chi connectivity index (χ1) is 17.4. The van der Waals surface area contributed by atoms with E-state index in [9.17, 15) is 9.59 Å². The largest absolute Gasteiger partial charge is 0.494 e. The number of unbranched alkanes of at least 4 members (excludes halogenated alkanes) is 1. The molecule has 0 radical (unpaired) electrons. The molecule has 5 heteroatoms. The van der Waals surface area contributed by atoms with Gasteiger partial charge < -0.3 is 15.0 Å². The Balaban J connectivity index is 1.79. The molecule has 184 valence electrons. The van der Waals surface area contributed by atoms with Crippen molar-refractivity contribution < 1.29 is 9.53 Å². The normalized spacial score (nSPS) is 10.8. The molecule has 0 atom stereocenters. The lowest BCUT2D eigenvalue weighted by Gasteiger charge is -2.17. The molecular formula is C31H32N2O3. The summed E-state index contributed by atoms with van der Waals surface area (Å²) in [7, 11) is 0. The molecule has 0 bridgehead atoms. The number of hydrogen-bond donors (Lipinski definition) is 2. The average molecular weight is 481 g/mol. The van der Waals surface area contributed by atoms with Crippen LogP contribution in [-0.4, -0.2) is 17.5 Å². The SMILES string of the molecule is CCCCOc1ccc(-c2[nH]c(=O)c(C(=O)Nc3ccc(C)cc3)c(-c3ccc(C)cc3)c2C)cc1. The molecule has 5 nitrogen and oxygen atoms in total. The number of pyridine rings is 1. The van der Waals surface area contributed by atoms with E-state index in [1.54, 1.807) is 0 Å². The van der Waals surface area contributed by atoms with Crippen molar-refractivity contribution in [2.75, 3.05) is 11.9 Å². The number of carbonyl (C=O) groups excluding carboxylic acids is 1. The highest BCUT2D eigenvalue weighted by molar-refractivity contribution is 6.09. The van der Waals surface area contributed by atoms with Crippen molar-refractivity contribution in [1.82, 2.24) is 4.98 Å². The maximum absolute atomic E-state index is 13.4. The second-order valence-electron chi connectivity index (χ2n) is 9.12. The summed E-state index contributed by atoms with van der Waals surface area (Å²) in [6, 6.07) is 23.1. The highest BCUT2D eigenvalue weighted by atomic mass is 16.5. The fourth-order valence-corrected chi connectivity index (χ4v) is 4.16. The van der Waals surface area contributed by atoms with Gasteiger partial charge in [-0.1, -0.05) is 60.9 Å². The van der Waals surface area contributed by atoms with E-state index in [-0.39, 0.29) is 5.56 Å². The number of aryl methyl sites for hydroxylation is 2. The van der Waals surface area contributed by atoms with E-state index >= 15 is 0 Å². The van der Waals surface area contributed by atoms with Crippen LogP contribution in [0.2, 0.25) is 0 Å². The maximum atomic E-state index is 13.4. The Morgan fingerprint density at radius 2 is 1.42 bits per heavy atom. The van der Waals surface area contributed by atoms with Crippen LogP contribution in [0.15, 0.2) is 77.6 Å². The zero-order valence-electron chi connectivity index (χ0n) is 21.3. The van der Waals surface area contributed by atoms with Gasteiger partial charge in [-0.3, -0.25) is 9.59 Å². The third kappa shape index (κ3) is 5.57. The van der Waals surface area contributed by atoms with Gasteiger partial charge in [0, 0.05) is 11.3 Å². The number of aromatic nitrogens is 1. The third-order valence-corrected chi connectivity index (χ3v) is 6.25. The van der Waals surface area contributed by atoms with E-state index in [0.717, 1.165) is 46.4 Å². The van der Waals surface area contributed by atoms with E-state index in [2.05, 4.69) is 17.2 Å². The summed E-state index contributed by atoms with van der Waals surface area (Å²) in [4.78, 5) is 29.8. The van der Waals surface area contributed by atoms with Crippen molar-refractivity contribution in [2.45, 2.75) is 40.5 Å². The Bertz CT molecular complexity index is 1400. The van der Waals surface area contributed by atoms with E-state index in [4.69, 9.17) is 4.74 Å². The number of carbonyl (C=O) groups is 1. The number of benzene rings is 3. The minimum atomic E-state index is -0.440.